The molecule has 1 heteroatoms. The zero-order chi connectivity index (χ0) is 20.2. The van der Waals surface area contributed by atoms with Crippen LogP contribution in [0.25, 0.3) is 54.3 Å². The monoisotopic (exact) mass is 383 g/mol. The summed E-state index contributed by atoms with van der Waals surface area (Å²) in [5, 5.41) is 10.1. The first-order valence-corrected chi connectivity index (χ1v) is 10.4. The predicted molar refractivity (Wildman–Crippen MR) is 129 cm³/mol. The highest BCUT2D eigenvalue weighted by Crippen LogP contribution is 2.37. The van der Waals surface area contributed by atoms with Crippen molar-refractivity contribution >= 4 is 43.1 Å². The van der Waals surface area contributed by atoms with Gasteiger partial charge < -0.3 is 0 Å². The first-order chi connectivity index (χ1) is 14.7. The van der Waals surface area contributed by atoms with E-state index in [1.165, 1.54) is 59.8 Å². The standard InChI is InChI=1S/C29H21N/c1-18-7-9-21-15-28(24-12-8-19(2)14-27(24)25(21)13-18)29-16-26-22(17-30-29)11-10-20-5-3-4-6-23(20)26/h3-17H,1-2H3. The molecular formula is C29H21N. The smallest absolute Gasteiger partial charge is 0.0715 e. The molecule has 0 aliphatic heterocycles. The molecule has 1 aromatic heterocycles. The van der Waals surface area contributed by atoms with Crippen molar-refractivity contribution in [3.63, 3.8) is 0 Å². The van der Waals surface area contributed by atoms with Gasteiger partial charge >= 0.3 is 0 Å². The molecular weight excluding hydrogens is 362 g/mol. The Balaban J connectivity index is 1.72. The van der Waals surface area contributed by atoms with Crippen LogP contribution in [-0.2, 0) is 0 Å². The van der Waals surface area contributed by atoms with Gasteiger partial charge in [-0.2, -0.15) is 0 Å². The molecule has 0 amide bonds. The number of aryl methyl sites for hydroxylation is 2. The number of hydrogen-bond donors (Lipinski definition) is 0. The third-order valence-corrected chi connectivity index (χ3v) is 6.17. The van der Waals surface area contributed by atoms with Gasteiger partial charge in [0.15, 0.2) is 0 Å². The summed E-state index contributed by atoms with van der Waals surface area (Å²) in [7, 11) is 0. The second-order valence-corrected chi connectivity index (χ2v) is 8.28. The molecule has 0 atom stereocenters. The Labute approximate surface area is 175 Å². The van der Waals surface area contributed by atoms with E-state index in [2.05, 4.69) is 98.8 Å². The summed E-state index contributed by atoms with van der Waals surface area (Å²) in [5.41, 5.74) is 4.78. The van der Waals surface area contributed by atoms with Crippen molar-refractivity contribution < 1.29 is 0 Å². The van der Waals surface area contributed by atoms with Crippen molar-refractivity contribution in [2.75, 3.05) is 0 Å². The van der Waals surface area contributed by atoms with Crippen LogP contribution in [0.2, 0.25) is 0 Å². The molecule has 0 spiro atoms. The number of pyridine rings is 1. The lowest BCUT2D eigenvalue weighted by atomic mass is 9.92. The first kappa shape index (κ1) is 17.2. The molecule has 0 saturated carbocycles. The Bertz CT molecular complexity index is 1610. The van der Waals surface area contributed by atoms with Gasteiger partial charge in [-0.15, -0.1) is 0 Å². The fraction of sp³-hybridized carbons (Fsp3) is 0.0690. The quantitative estimate of drug-likeness (QED) is 0.262. The van der Waals surface area contributed by atoms with Crippen molar-refractivity contribution in [2.24, 2.45) is 0 Å². The van der Waals surface area contributed by atoms with Gasteiger partial charge in [0.25, 0.3) is 0 Å². The van der Waals surface area contributed by atoms with Crippen LogP contribution in [0.1, 0.15) is 11.1 Å². The zero-order valence-electron chi connectivity index (χ0n) is 17.1. The second kappa shape index (κ2) is 6.40. The molecule has 0 unspecified atom stereocenters. The lowest BCUT2D eigenvalue weighted by Gasteiger charge is -2.13. The summed E-state index contributed by atoms with van der Waals surface area (Å²) in [6.07, 6.45) is 2.01. The first-order valence-electron chi connectivity index (χ1n) is 10.4. The maximum Gasteiger partial charge on any atom is 0.0715 e. The fourth-order valence-corrected chi connectivity index (χ4v) is 4.64. The van der Waals surface area contributed by atoms with E-state index in [0.717, 1.165) is 5.69 Å². The Kier molecular flexibility index (Phi) is 3.66. The third-order valence-electron chi connectivity index (χ3n) is 6.17. The molecule has 6 rings (SSSR count). The van der Waals surface area contributed by atoms with Gasteiger partial charge in [-0.25, -0.2) is 0 Å². The van der Waals surface area contributed by atoms with Gasteiger partial charge in [0.2, 0.25) is 0 Å². The summed E-state index contributed by atoms with van der Waals surface area (Å²) >= 11 is 0. The maximum absolute atomic E-state index is 4.88. The highest BCUT2D eigenvalue weighted by atomic mass is 14.7. The van der Waals surface area contributed by atoms with Gasteiger partial charge in [-0.3, -0.25) is 4.98 Å². The second-order valence-electron chi connectivity index (χ2n) is 8.28. The molecule has 5 aromatic carbocycles. The van der Waals surface area contributed by atoms with Crippen LogP contribution in [0.15, 0.2) is 91.1 Å². The molecule has 0 N–H and O–H groups in total. The van der Waals surface area contributed by atoms with Gasteiger partial charge in [0.05, 0.1) is 5.69 Å². The van der Waals surface area contributed by atoms with Crippen LogP contribution in [0.5, 0.6) is 0 Å². The number of hydrogen-bond acceptors (Lipinski definition) is 1. The molecule has 6 aromatic rings. The summed E-state index contributed by atoms with van der Waals surface area (Å²) in [6, 6.07) is 30.9. The van der Waals surface area contributed by atoms with Crippen molar-refractivity contribution in [2.45, 2.75) is 13.8 Å². The van der Waals surface area contributed by atoms with E-state index in [1.54, 1.807) is 0 Å². The average molecular weight is 383 g/mol. The Morgan fingerprint density at radius 3 is 2.10 bits per heavy atom. The summed E-state index contributed by atoms with van der Waals surface area (Å²) < 4.78 is 0. The predicted octanol–water partition coefficient (Wildman–Crippen LogP) is 7.98. The van der Waals surface area contributed by atoms with Crippen LogP contribution in [0, 0.1) is 13.8 Å². The van der Waals surface area contributed by atoms with Crippen LogP contribution in [-0.4, -0.2) is 4.98 Å². The largest absolute Gasteiger partial charge is 0.256 e. The molecule has 1 nitrogen and oxygen atoms in total. The van der Waals surface area contributed by atoms with Crippen molar-refractivity contribution in [3.05, 3.63) is 102 Å². The molecule has 0 radical (unpaired) electrons. The number of aromatic nitrogens is 1. The van der Waals surface area contributed by atoms with Gasteiger partial charge in [-0.1, -0.05) is 83.9 Å². The van der Waals surface area contributed by atoms with Crippen molar-refractivity contribution in [1.29, 1.82) is 0 Å². The minimum atomic E-state index is 1.02. The Morgan fingerprint density at radius 2 is 1.20 bits per heavy atom. The lowest BCUT2D eigenvalue weighted by molar-refractivity contribution is 1.37. The molecule has 0 aliphatic rings. The molecule has 0 saturated heterocycles. The van der Waals surface area contributed by atoms with Gasteiger partial charge in [0, 0.05) is 17.1 Å². The lowest BCUT2D eigenvalue weighted by Crippen LogP contribution is -1.90. The van der Waals surface area contributed by atoms with Crippen LogP contribution in [0.4, 0.5) is 0 Å². The summed E-state index contributed by atoms with van der Waals surface area (Å²) in [4.78, 5) is 4.88. The molecule has 0 bridgehead atoms. The number of rotatable bonds is 1. The number of fused-ring (bicyclic) bond motifs is 6. The van der Waals surface area contributed by atoms with E-state index in [4.69, 9.17) is 4.98 Å². The minimum absolute atomic E-state index is 1.02. The third kappa shape index (κ3) is 2.59. The highest BCUT2D eigenvalue weighted by Gasteiger charge is 2.12. The average Bonchev–Trinajstić information content (AvgIpc) is 2.78. The molecule has 0 fully saturated rings. The summed E-state index contributed by atoms with van der Waals surface area (Å²) in [5.74, 6) is 0. The topological polar surface area (TPSA) is 12.9 Å². The highest BCUT2D eigenvalue weighted by molar-refractivity contribution is 6.15. The van der Waals surface area contributed by atoms with E-state index in [9.17, 15) is 0 Å². The number of benzene rings is 5. The molecule has 0 aliphatic carbocycles. The SMILES string of the molecule is Cc1ccc2cc(-c3cc4c(ccc5ccccc54)cn3)c3ccc(C)cc3c2c1. The Morgan fingerprint density at radius 1 is 0.500 bits per heavy atom. The number of nitrogens with zero attached hydrogens (tertiary/aromatic N) is 1. The van der Waals surface area contributed by atoms with Crippen LogP contribution < -0.4 is 0 Å². The van der Waals surface area contributed by atoms with Crippen LogP contribution in [0.3, 0.4) is 0 Å². The zero-order valence-corrected chi connectivity index (χ0v) is 17.1. The van der Waals surface area contributed by atoms with Gasteiger partial charge in [0.1, 0.15) is 0 Å². The van der Waals surface area contributed by atoms with E-state index in [-0.39, 0.29) is 0 Å². The van der Waals surface area contributed by atoms with E-state index in [0.29, 0.717) is 0 Å². The van der Waals surface area contributed by atoms with Gasteiger partial charge in [-0.05, 0) is 63.7 Å². The maximum atomic E-state index is 4.88. The molecule has 30 heavy (non-hydrogen) atoms. The van der Waals surface area contributed by atoms with Crippen molar-refractivity contribution in [3.8, 4) is 11.3 Å². The van der Waals surface area contributed by atoms with Crippen molar-refractivity contribution in [1.82, 2.24) is 4.98 Å². The fourth-order valence-electron chi connectivity index (χ4n) is 4.64. The summed E-state index contributed by atoms with van der Waals surface area (Å²) in [6.45, 7) is 4.32. The normalized spacial score (nSPS) is 11.7. The minimum Gasteiger partial charge on any atom is -0.256 e. The Hall–Kier alpha value is -3.71. The molecule has 1 heterocycles. The molecule has 142 valence electrons. The van der Waals surface area contributed by atoms with Crippen LogP contribution >= 0.6 is 0 Å². The van der Waals surface area contributed by atoms with E-state index < -0.39 is 0 Å². The van der Waals surface area contributed by atoms with E-state index in [1.807, 2.05) is 6.20 Å². The van der Waals surface area contributed by atoms with E-state index >= 15 is 0 Å².